The molecule has 0 aliphatic heterocycles. The molecule has 1 nitrogen and oxygen atoms in total. The van der Waals surface area contributed by atoms with Gasteiger partial charge in [-0.1, -0.05) is 48.5 Å². The van der Waals surface area contributed by atoms with E-state index in [1.807, 2.05) is 11.8 Å². The SMILES string of the molecule is O=C1CCC(Sc2c3ccccc3cc3ccccc23)CC1. The van der Waals surface area contributed by atoms with Gasteiger partial charge in [0.15, 0.2) is 0 Å². The minimum Gasteiger partial charge on any atom is -0.300 e. The minimum absolute atomic E-state index is 0.430. The Morgan fingerprint density at radius 1 is 0.818 bits per heavy atom. The van der Waals surface area contributed by atoms with E-state index >= 15 is 0 Å². The van der Waals surface area contributed by atoms with Crippen LogP contribution >= 0.6 is 11.8 Å². The molecule has 2 heteroatoms. The maximum atomic E-state index is 11.5. The third-order valence-corrected chi connectivity index (χ3v) is 5.98. The second kappa shape index (κ2) is 5.77. The Bertz CT molecular complexity index is 789. The number of fused-ring (bicyclic) bond motifs is 2. The normalized spacial score (nSPS) is 16.5. The van der Waals surface area contributed by atoms with Crippen molar-refractivity contribution in [2.45, 2.75) is 35.8 Å². The first-order valence-corrected chi connectivity index (χ1v) is 8.78. The van der Waals surface area contributed by atoms with Crippen LogP contribution in [0.15, 0.2) is 59.5 Å². The first kappa shape index (κ1) is 13.8. The molecule has 3 aromatic rings. The second-order valence-corrected chi connectivity index (χ2v) is 7.31. The van der Waals surface area contributed by atoms with Crippen molar-refractivity contribution in [3.8, 4) is 0 Å². The lowest BCUT2D eigenvalue weighted by molar-refractivity contribution is -0.120. The highest BCUT2D eigenvalue weighted by molar-refractivity contribution is 8.00. The number of carbonyl (C=O) groups excluding carboxylic acids is 1. The molecule has 0 amide bonds. The van der Waals surface area contributed by atoms with Crippen LogP contribution in [-0.2, 0) is 4.79 Å². The molecule has 1 aliphatic carbocycles. The Hall–Kier alpha value is -1.80. The Labute approximate surface area is 134 Å². The van der Waals surface area contributed by atoms with Crippen molar-refractivity contribution in [3.05, 3.63) is 54.6 Å². The average Bonchev–Trinajstić information content (AvgIpc) is 2.56. The number of hydrogen-bond acceptors (Lipinski definition) is 2. The summed E-state index contributed by atoms with van der Waals surface area (Å²) in [6.45, 7) is 0. The van der Waals surface area contributed by atoms with Crippen molar-refractivity contribution in [2.75, 3.05) is 0 Å². The third-order valence-electron chi connectivity index (χ3n) is 4.50. The van der Waals surface area contributed by atoms with Crippen LogP contribution in [0.3, 0.4) is 0 Å². The Morgan fingerprint density at radius 2 is 1.36 bits per heavy atom. The molecule has 0 spiro atoms. The van der Waals surface area contributed by atoms with Crippen LogP contribution < -0.4 is 0 Å². The average molecular weight is 306 g/mol. The van der Waals surface area contributed by atoms with Crippen LogP contribution in [0.1, 0.15) is 25.7 Å². The topological polar surface area (TPSA) is 17.1 Å². The maximum Gasteiger partial charge on any atom is 0.132 e. The molecule has 0 aromatic heterocycles. The van der Waals surface area contributed by atoms with Crippen molar-refractivity contribution >= 4 is 39.1 Å². The number of hydrogen-bond donors (Lipinski definition) is 0. The van der Waals surface area contributed by atoms with Crippen LogP contribution in [0.25, 0.3) is 21.5 Å². The largest absolute Gasteiger partial charge is 0.300 e. The van der Waals surface area contributed by atoms with Gasteiger partial charge in [0.25, 0.3) is 0 Å². The van der Waals surface area contributed by atoms with Gasteiger partial charge in [0.05, 0.1) is 0 Å². The monoisotopic (exact) mass is 306 g/mol. The van der Waals surface area contributed by atoms with E-state index in [0.717, 1.165) is 25.7 Å². The van der Waals surface area contributed by atoms with Gasteiger partial charge in [0, 0.05) is 23.0 Å². The molecule has 0 N–H and O–H groups in total. The lowest BCUT2D eigenvalue weighted by Gasteiger charge is -2.22. The standard InChI is InChI=1S/C20H18OS/c21-16-9-11-17(12-10-16)22-20-18-7-3-1-5-14(18)13-15-6-2-4-8-19(15)20/h1-8,13,17H,9-12H2. The fraction of sp³-hybridized carbons (Fsp3) is 0.250. The predicted octanol–water partition coefficient (Wildman–Crippen LogP) is 5.60. The molecule has 0 bridgehead atoms. The predicted molar refractivity (Wildman–Crippen MR) is 94.6 cm³/mol. The molecule has 1 saturated carbocycles. The van der Waals surface area contributed by atoms with Crippen molar-refractivity contribution < 1.29 is 4.79 Å². The first-order chi connectivity index (χ1) is 10.8. The van der Waals surface area contributed by atoms with E-state index < -0.39 is 0 Å². The van der Waals surface area contributed by atoms with Crippen molar-refractivity contribution in [3.63, 3.8) is 0 Å². The number of carbonyl (C=O) groups is 1. The van der Waals surface area contributed by atoms with Crippen molar-refractivity contribution in [2.24, 2.45) is 0 Å². The third kappa shape index (κ3) is 2.52. The summed E-state index contributed by atoms with van der Waals surface area (Å²) in [5, 5.41) is 5.84. The number of ketones is 1. The van der Waals surface area contributed by atoms with E-state index in [4.69, 9.17) is 0 Å². The van der Waals surface area contributed by atoms with Gasteiger partial charge in [-0.15, -0.1) is 11.8 Å². The van der Waals surface area contributed by atoms with Gasteiger partial charge in [0.1, 0.15) is 5.78 Å². The highest BCUT2D eigenvalue weighted by atomic mass is 32.2. The number of rotatable bonds is 2. The molecule has 3 aromatic carbocycles. The van der Waals surface area contributed by atoms with Gasteiger partial charge >= 0.3 is 0 Å². The summed E-state index contributed by atoms with van der Waals surface area (Å²) >= 11 is 1.97. The van der Waals surface area contributed by atoms with Gasteiger partial charge in [-0.2, -0.15) is 0 Å². The number of benzene rings is 3. The van der Waals surface area contributed by atoms with E-state index in [1.165, 1.54) is 26.4 Å². The zero-order valence-electron chi connectivity index (χ0n) is 12.4. The zero-order valence-corrected chi connectivity index (χ0v) is 13.2. The van der Waals surface area contributed by atoms with E-state index in [-0.39, 0.29) is 0 Å². The lowest BCUT2D eigenvalue weighted by atomic mass is 9.99. The lowest BCUT2D eigenvalue weighted by Crippen LogP contribution is -2.15. The fourth-order valence-corrected chi connectivity index (χ4v) is 4.73. The Morgan fingerprint density at radius 3 is 1.95 bits per heavy atom. The molecular formula is C20H18OS. The van der Waals surface area contributed by atoms with Crippen LogP contribution in [0, 0.1) is 0 Å². The molecule has 22 heavy (non-hydrogen) atoms. The van der Waals surface area contributed by atoms with E-state index in [0.29, 0.717) is 11.0 Å². The quantitative estimate of drug-likeness (QED) is 0.573. The van der Waals surface area contributed by atoms with Gasteiger partial charge in [-0.05, 0) is 40.5 Å². The Balaban J connectivity index is 1.83. The van der Waals surface area contributed by atoms with E-state index in [9.17, 15) is 4.79 Å². The van der Waals surface area contributed by atoms with Crippen LogP contribution in [-0.4, -0.2) is 11.0 Å². The zero-order chi connectivity index (χ0) is 14.9. The van der Waals surface area contributed by atoms with Crippen LogP contribution in [0.2, 0.25) is 0 Å². The fourth-order valence-electron chi connectivity index (χ4n) is 3.30. The molecule has 1 aliphatic rings. The summed E-state index contributed by atoms with van der Waals surface area (Å²) in [5.74, 6) is 0.430. The van der Waals surface area contributed by atoms with Crippen molar-refractivity contribution in [1.29, 1.82) is 0 Å². The van der Waals surface area contributed by atoms with Gasteiger partial charge < -0.3 is 0 Å². The summed E-state index contributed by atoms with van der Waals surface area (Å²) in [4.78, 5) is 12.9. The molecule has 110 valence electrons. The highest BCUT2D eigenvalue weighted by Crippen LogP contribution is 2.41. The summed E-state index contributed by atoms with van der Waals surface area (Å²) in [6.07, 6.45) is 3.53. The maximum absolute atomic E-state index is 11.5. The summed E-state index contributed by atoms with van der Waals surface area (Å²) in [6, 6.07) is 19.5. The first-order valence-electron chi connectivity index (χ1n) is 7.90. The summed E-state index contributed by atoms with van der Waals surface area (Å²) in [7, 11) is 0. The van der Waals surface area contributed by atoms with E-state index in [2.05, 4.69) is 54.6 Å². The van der Waals surface area contributed by atoms with Crippen LogP contribution in [0.5, 0.6) is 0 Å². The highest BCUT2D eigenvalue weighted by Gasteiger charge is 2.21. The molecule has 0 saturated heterocycles. The summed E-state index contributed by atoms with van der Waals surface area (Å²) in [5.41, 5.74) is 0. The number of Topliss-reactive ketones (excluding diaryl/α,β-unsaturated/α-hetero) is 1. The molecule has 0 heterocycles. The molecular weight excluding hydrogens is 288 g/mol. The van der Waals surface area contributed by atoms with Gasteiger partial charge in [-0.25, -0.2) is 0 Å². The molecule has 0 unspecified atom stereocenters. The van der Waals surface area contributed by atoms with Crippen LogP contribution in [0.4, 0.5) is 0 Å². The molecule has 4 rings (SSSR count). The van der Waals surface area contributed by atoms with Crippen molar-refractivity contribution in [1.82, 2.24) is 0 Å². The summed E-state index contributed by atoms with van der Waals surface area (Å²) < 4.78 is 0. The number of thioether (sulfide) groups is 1. The smallest absolute Gasteiger partial charge is 0.132 e. The van der Waals surface area contributed by atoms with Gasteiger partial charge in [0.2, 0.25) is 0 Å². The second-order valence-electron chi connectivity index (χ2n) is 6.00. The Kier molecular flexibility index (Phi) is 3.63. The molecule has 0 radical (unpaired) electrons. The minimum atomic E-state index is 0.430. The van der Waals surface area contributed by atoms with E-state index in [1.54, 1.807) is 0 Å². The molecule has 0 atom stereocenters. The van der Waals surface area contributed by atoms with Gasteiger partial charge in [-0.3, -0.25) is 4.79 Å². The molecule has 1 fully saturated rings.